The molecule has 0 N–H and O–H groups in total. The van der Waals surface area contributed by atoms with Crippen LogP contribution >= 0.6 is 0 Å². The maximum Gasteiger partial charge on any atom is 0.329 e. The molecule has 4 aliphatic heterocycles. The first-order chi connectivity index (χ1) is 29.3. The van der Waals surface area contributed by atoms with E-state index in [1.165, 1.54) is 105 Å². The normalized spacial score (nSPS) is 13.4. The lowest BCUT2D eigenvalue weighted by atomic mass is 9.43. The van der Waals surface area contributed by atoms with Crippen LogP contribution in [0.25, 0.3) is 44.5 Å². The van der Waals surface area contributed by atoms with Gasteiger partial charge >= 0.3 is 13.7 Å². The van der Waals surface area contributed by atoms with Crippen LogP contribution in [-0.2, 0) is 0 Å². The van der Waals surface area contributed by atoms with Crippen molar-refractivity contribution in [2.45, 2.75) is 0 Å². The molecule has 0 amide bonds. The zero-order valence-electron chi connectivity index (χ0n) is 32.3. The molecular weight excluding hydrogens is 726 g/mol. The third-order valence-electron chi connectivity index (χ3n) is 13.2. The van der Waals surface area contributed by atoms with Gasteiger partial charge in [-0.15, -0.1) is 0 Å². The SMILES string of the molecule is c1ccc([Si](c2ccc3c(c2)-c2ccccc2B2c4ccccc4-c4ccccc4N23)c2ccc3c(c2)-c2ccccc2B2c4ccccc4-c4ccccc4N23)cc1. The highest BCUT2D eigenvalue weighted by molar-refractivity contribution is 6.96. The van der Waals surface area contributed by atoms with Gasteiger partial charge in [0.05, 0.1) is 0 Å². The Balaban J connectivity index is 1.01. The summed E-state index contributed by atoms with van der Waals surface area (Å²) < 4.78 is 0. The van der Waals surface area contributed by atoms with Crippen molar-refractivity contribution < 1.29 is 0 Å². The second-order valence-electron chi connectivity index (χ2n) is 16.1. The molecule has 0 aliphatic carbocycles. The largest absolute Gasteiger partial charge is 0.376 e. The topological polar surface area (TPSA) is 6.48 Å². The second-order valence-corrected chi connectivity index (χ2v) is 18.6. The van der Waals surface area contributed by atoms with Crippen LogP contribution in [0.1, 0.15) is 0 Å². The molecule has 4 heterocycles. The number of nitrogens with zero attached hydrogens (tertiary/aromatic N) is 2. The maximum absolute atomic E-state index is 2.61. The van der Waals surface area contributed by atoms with Crippen molar-refractivity contribution >= 4 is 82.7 Å². The van der Waals surface area contributed by atoms with E-state index >= 15 is 0 Å². The van der Waals surface area contributed by atoms with Crippen molar-refractivity contribution in [2.75, 3.05) is 9.62 Å². The number of hydrogen-bond donors (Lipinski definition) is 0. The Morgan fingerprint density at radius 3 is 1.00 bits per heavy atom. The van der Waals surface area contributed by atoms with Crippen molar-refractivity contribution in [3.05, 3.63) is 212 Å². The molecular formula is C54H35B2N2Si. The summed E-state index contributed by atoms with van der Waals surface area (Å²) in [6.45, 7) is 0.206. The van der Waals surface area contributed by atoms with Crippen LogP contribution in [0.2, 0.25) is 0 Å². The van der Waals surface area contributed by atoms with Crippen LogP contribution in [0.4, 0.5) is 22.7 Å². The van der Waals surface area contributed by atoms with E-state index in [1.54, 1.807) is 0 Å². The average molecular weight is 762 g/mol. The smallest absolute Gasteiger partial charge is 0.329 e. The molecule has 271 valence electrons. The van der Waals surface area contributed by atoms with E-state index in [2.05, 4.69) is 222 Å². The fourth-order valence-electron chi connectivity index (χ4n) is 10.8. The zero-order valence-corrected chi connectivity index (χ0v) is 33.3. The number of benzene rings is 9. The molecule has 0 saturated carbocycles. The number of para-hydroxylation sites is 2. The van der Waals surface area contributed by atoms with E-state index in [0.29, 0.717) is 0 Å². The highest BCUT2D eigenvalue weighted by atomic mass is 28.3. The first-order valence-corrected chi connectivity index (χ1v) is 22.2. The molecule has 13 rings (SSSR count). The van der Waals surface area contributed by atoms with Gasteiger partial charge in [-0.3, -0.25) is 0 Å². The molecule has 0 fully saturated rings. The summed E-state index contributed by atoms with van der Waals surface area (Å²) in [5.74, 6) is 0. The molecule has 5 heteroatoms. The lowest BCUT2D eigenvalue weighted by Crippen LogP contribution is -2.60. The van der Waals surface area contributed by atoms with Gasteiger partial charge in [-0.05, 0) is 78.7 Å². The summed E-state index contributed by atoms with van der Waals surface area (Å²) in [6.07, 6.45) is 0. The molecule has 0 aromatic heterocycles. The van der Waals surface area contributed by atoms with E-state index in [4.69, 9.17) is 0 Å². The van der Waals surface area contributed by atoms with Crippen LogP contribution in [0.3, 0.4) is 0 Å². The van der Waals surface area contributed by atoms with E-state index < -0.39 is 8.80 Å². The molecule has 9 aromatic rings. The van der Waals surface area contributed by atoms with Gasteiger partial charge in [0.25, 0.3) is 0 Å². The minimum absolute atomic E-state index is 0.103. The Hall–Kier alpha value is -7.07. The van der Waals surface area contributed by atoms with Gasteiger partial charge in [0.2, 0.25) is 0 Å². The molecule has 1 radical (unpaired) electrons. The second kappa shape index (κ2) is 12.7. The monoisotopic (exact) mass is 761 g/mol. The van der Waals surface area contributed by atoms with Gasteiger partial charge in [0, 0.05) is 45.0 Å². The summed E-state index contributed by atoms with van der Waals surface area (Å²) in [6, 6.07) is 80.2. The Bertz CT molecular complexity index is 2990. The lowest BCUT2D eigenvalue weighted by molar-refractivity contribution is 1.35. The predicted molar refractivity (Wildman–Crippen MR) is 253 cm³/mol. The fraction of sp³-hybridized carbons (Fsp3) is 0. The number of anilines is 4. The Kier molecular flexibility index (Phi) is 7.10. The van der Waals surface area contributed by atoms with Crippen molar-refractivity contribution in [2.24, 2.45) is 0 Å². The minimum atomic E-state index is -1.46. The van der Waals surface area contributed by atoms with Crippen molar-refractivity contribution in [1.82, 2.24) is 0 Å². The van der Waals surface area contributed by atoms with Crippen LogP contribution in [0, 0.1) is 0 Å². The van der Waals surface area contributed by atoms with Crippen molar-refractivity contribution in [3.8, 4) is 44.5 Å². The molecule has 2 nitrogen and oxygen atoms in total. The molecule has 59 heavy (non-hydrogen) atoms. The van der Waals surface area contributed by atoms with E-state index in [-0.39, 0.29) is 13.7 Å². The van der Waals surface area contributed by atoms with Gasteiger partial charge in [-0.1, -0.05) is 193 Å². The van der Waals surface area contributed by atoms with Crippen molar-refractivity contribution in [1.29, 1.82) is 0 Å². The first kappa shape index (κ1) is 33.0. The Labute approximate surface area is 347 Å². The fourth-order valence-corrected chi connectivity index (χ4v) is 13.4. The minimum Gasteiger partial charge on any atom is -0.376 e. The van der Waals surface area contributed by atoms with Gasteiger partial charge in [-0.2, -0.15) is 0 Å². The summed E-state index contributed by atoms with van der Waals surface area (Å²) in [7, 11) is -1.46. The molecule has 4 aliphatic rings. The average Bonchev–Trinajstić information content (AvgIpc) is 3.31. The molecule has 0 unspecified atom stereocenters. The maximum atomic E-state index is 2.61. The van der Waals surface area contributed by atoms with Gasteiger partial charge in [0.15, 0.2) is 8.80 Å². The molecule has 9 aromatic carbocycles. The summed E-state index contributed by atoms with van der Waals surface area (Å²) in [4.78, 5) is 5.21. The zero-order chi connectivity index (χ0) is 38.6. The highest BCUT2D eigenvalue weighted by Crippen LogP contribution is 2.47. The molecule has 0 spiro atoms. The molecule has 0 bridgehead atoms. The summed E-state index contributed by atoms with van der Waals surface area (Å²) in [5.41, 5.74) is 21.0. The Morgan fingerprint density at radius 2 is 0.576 bits per heavy atom. The van der Waals surface area contributed by atoms with Crippen LogP contribution in [-0.4, -0.2) is 22.5 Å². The molecule has 0 atom stereocenters. The number of hydrogen-bond acceptors (Lipinski definition) is 2. The third kappa shape index (κ3) is 4.71. The van der Waals surface area contributed by atoms with E-state index in [1.807, 2.05) is 0 Å². The van der Waals surface area contributed by atoms with E-state index in [9.17, 15) is 0 Å². The van der Waals surface area contributed by atoms with Crippen molar-refractivity contribution in [3.63, 3.8) is 0 Å². The summed E-state index contributed by atoms with van der Waals surface area (Å²) >= 11 is 0. The van der Waals surface area contributed by atoms with Crippen LogP contribution < -0.4 is 47.0 Å². The quantitative estimate of drug-likeness (QED) is 0.133. The lowest BCUT2D eigenvalue weighted by Gasteiger charge is -2.44. The molecule has 0 saturated heterocycles. The van der Waals surface area contributed by atoms with Gasteiger partial charge in [0.1, 0.15) is 0 Å². The van der Waals surface area contributed by atoms with Crippen LogP contribution in [0.15, 0.2) is 212 Å². The predicted octanol–water partition coefficient (Wildman–Crippen LogP) is 8.01. The van der Waals surface area contributed by atoms with Crippen LogP contribution in [0.5, 0.6) is 0 Å². The third-order valence-corrected chi connectivity index (χ3v) is 15.9. The van der Waals surface area contributed by atoms with E-state index in [0.717, 1.165) is 0 Å². The first-order valence-electron chi connectivity index (χ1n) is 20.7. The standard InChI is InChI=1S/C54H35B2N2Si/c1-2-16-36(17-3-1)59(37-30-32-53-45(34-37)41-20-6-12-26-49(41)55-47-24-10-4-18-39(47)43-22-8-14-28-51(43)57(53)55)38-31-33-54-46(35-38)42-21-7-13-27-50(42)56-48-25-11-5-19-40(48)44-23-9-15-29-52(44)58(54)56/h1-35H. The Morgan fingerprint density at radius 1 is 0.254 bits per heavy atom. The van der Waals surface area contributed by atoms with Gasteiger partial charge < -0.3 is 9.62 Å². The summed E-state index contributed by atoms with van der Waals surface area (Å²) in [5, 5.41) is 4.16. The number of rotatable bonds is 3. The van der Waals surface area contributed by atoms with Gasteiger partial charge in [-0.25, -0.2) is 0 Å². The number of fused-ring (bicyclic) bond motifs is 22. The highest BCUT2D eigenvalue weighted by Gasteiger charge is 2.44.